The Kier molecular flexibility index (Phi) is 23.2. The number of hydrogen-bond donors (Lipinski definition) is 1. The zero-order valence-electron chi connectivity index (χ0n) is 26.2. The standard InChI is InChI=1S/C30H60NO8P/c1-6-8-10-11-12-13-14-15-16-17-18-19-21-23-30(34)37-25-27(32)26-38-40(35,36)39-29(24-31(3,4)5)28(33)22-20-9-7-2/h27,29,32H,6-26H2,1-5H3/t27-,29?/m1/s1. The van der Waals surface area contributed by atoms with E-state index in [4.69, 9.17) is 13.8 Å². The van der Waals surface area contributed by atoms with Crippen molar-refractivity contribution in [2.45, 2.75) is 142 Å². The number of unbranched alkanes of at least 4 members (excludes halogenated alkanes) is 14. The highest BCUT2D eigenvalue weighted by atomic mass is 31.2. The Morgan fingerprint density at radius 2 is 1.20 bits per heavy atom. The van der Waals surface area contributed by atoms with Crippen LogP contribution in [0.1, 0.15) is 129 Å². The van der Waals surface area contributed by atoms with Crippen LogP contribution in [0, 0.1) is 0 Å². The number of nitrogens with zero attached hydrogens (tertiary/aromatic N) is 1. The Morgan fingerprint density at radius 1 is 0.750 bits per heavy atom. The number of rotatable bonds is 28. The minimum absolute atomic E-state index is 0.167. The van der Waals surface area contributed by atoms with Gasteiger partial charge in [-0.3, -0.25) is 14.2 Å². The zero-order valence-corrected chi connectivity index (χ0v) is 27.1. The quantitative estimate of drug-likeness (QED) is 0.0500. The summed E-state index contributed by atoms with van der Waals surface area (Å²) in [6.07, 6.45) is 16.3. The normalized spacial score (nSPS) is 15.0. The number of Topliss-reactive ketones (excluding diaryl/α,β-unsaturated/α-hetero) is 1. The van der Waals surface area contributed by atoms with E-state index in [1.807, 2.05) is 28.1 Å². The Morgan fingerprint density at radius 3 is 1.70 bits per heavy atom. The molecule has 3 atom stereocenters. The second-order valence-corrected chi connectivity index (χ2v) is 13.4. The van der Waals surface area contributed by atoms with Gasteiger partial charge in [0.1, 0.15) is 19.3 Å². The average Bonchev–Trinajstić information content (AvgIpc) is 2.87. The molecule has 0 spiro atoms. The van der Waals surface area contributed by atoms with Gasteiger partial charge in [-0.05, 0) is 12.8 Å². The summed E-state index contributed by atoms with van der Waals surface area (Å²) in [5, 5.41) is 10.0. The van der Waals surface area contributed by atoms with Crippen LogP contribution in [-0.2, 0) is 27.9 Å². The Labute approximate surface area is 244 Å². The van der Waals surface area contributed by atoms with Gasteiger partial charge in [0.15, 0.2) is 11.9 Å². The summed E-state index contributed by atoms with van der Waals surface area (Å²) in [7, 11) is 0.653. The predicted molar refractivity (Wildman–Crippen MR) is 158 cm³/mol. The molecule has 0 aliphatic heterocycles. The lowest BCUT2D eigenvalue weighted by Gasteiger charge is -2.32. The molecule has 0 radical (unpaired) electrons. The fourth-order valence-electron chi connectivity index (χ4n) is 4.36. The minimum atomic E-state index is -4.85. The van der Waals surface area contributed by atoms with Gasteiger partial charge >= 0.3 is 5.97 Å². The third kappa shape index (κ3) is 24.9. The van der Waals surface area contributed by atoms with Gasteiger partial charge in [0.05, 0.1) is 27.7 Å². The highest BCUT2D eigenvalue weighted by Gasteiger charge is 2.30. The van der Waals surface area contributed by atoms with Crippen molar-refractivity contribution in [1.29, 1.82) is 0 Å². The molecule has 1 N–H and O–H groups in total. The van der Waals surface area contributed by atoms with Gasteiger partial charge in [-0.1, -0.05) is 104 Å². The zero-order chi connectivity index (χ0) is 30.3. The molecule has 0 rings (SSSR count). The number of ketones is 1. The molecule has 40 heavy (non-hydrogen) atoms. The molecular weight excluding hydrogens is 533 g/mol. The number of aliphatic hydroxyl groups is 1. The molecule has 0 saturated heterocycles. The number of carbonyl (C=O) groups excluding carboxylic acids is 2. The van der Waals surface area contributed by atoms with Gasteiger partial charge in [0, 0.05) is 12.8 Å². The van der Waals surface area contributed by atoms with Crippen LogP contribution in [0.3, 0.4) is 0 Å². The lowest BCUT2D eigenvalue weighted by molar-refractivity contribution is -0.872. The molecule has 0 aliphatic carbocycles. The van der Waals surface area contributed by atoms with Crippen molar-refractivity contribution >= 4 is 19.6 Å². The van der Waals surface area contributed by atoms with Crippen molar-refractivity contribution in [3.8, 4) is 0 Å². The van der Waals surface area contributed by atoms with E-state index in [9.17, 15) is 24.2 Å². The number of quaternary nitrogens is 1. The number of carbonyl (C=O) groups is 2. The first-order valence-electron chi connectivity index (χ1n) is 15.7. The van der Waals surface area contributed by atoms with E-state index in [2.05, 4.69) is 6.92 Å². The van der Waals surface area contributed by atoms with Gasteiger partial charge in [-0.15, -0.1) is 0 Å². The largest absolute Gasteiger partial charge is 0.756 e. The number of esters is 1. The molecule has 2 unspecified atom stereocenters. The van der Waals surface area contributed by atoms with Crippen molar-refractivity contribution in [3.05, 3.63) is 0 Å². The number of ether oxygens (including phenoxy) is 1. The van der Waals surface area contributed by atoms with Crippen LogP contribution < -0.4 is 4.89 Å². The molecule has 0 aromatic heterocycles. The molecule has 238 valence electrons. The molecular formula is C30H60NO8P. The summed E-state index contributed by atoms with van der Waals surface area (Å²) in [5.41, 5.74) is 0. The molecule has 9 nitrogen and oxygen atoms in total. The maximum absolute atomic E-state index is 12.6. The lowest BCUT2D eigenvalue weighted by atomic mass is 10.0. The van der Waals surface area contributed by atoms with Crippen LogP contribution in [0.15, 0.2) is 0 Å². The van der Waals surface area contributed by atoms with E-state index in [1.54, 1.807) is 0 Å². The van der Waals surface area contributed by atoms with Crippen LogP contribution >= 0.6 is 7.82 Å². The first kappa shape index (κ1) is 39.2. The van der Waals surface area contributed by atoms with E-state index in [0.29, 0.717) is 10.9 Å². The maximum Gasteiger partial charge on any atom is 0.305 e. The minimum Gasteiger partial charge on any atom is -0.756 e. The number of likely N-dealkylation sites (N-methyl/N-ethyl adjacent to an activating group) is 1. The Balaban J connectivity index is 4.08. The van der Waals surface area contributed by atoms with Gasteiger partial charge in [0.2, 0.25) is 0 Å². The van der Waals surface area contributed by atoms with Crippen molar-refractivity contribution in [3.63, 3.8) is 0 Å². The summed E-state index contributed by atoms with van der Waals surface area (Å²) in [5.74, 6) is -0.715. The first-order chi connectivity index (χ1) is 18.9. The molecule has 10 heteroatoms. The summed E-state index contributed by atoms with van der Waals surface area (Å²) in [6.45, 7) is 3.44. The molecule has 0 aromatic carbocycles. The number of phosphoric ester groups is 1. The monoisotopic (exact) mass is 593 g/mol. The van der Waals surface area contributed by atoms with Crippen molar-refractivity contribution in [2.75, 3.05) is 40.9 Å². The predicted octanol–water partition coefficient (Wildman–Crippen LogP) is 6.10. The second-order valence-electron chi connectivity index (χ2n) is 12.1. The van der Waals surface area contributed by atoms with E-state index in [0.717, 1.165) is 32.1 Å². The third-order valence-corrected chi connectivity index (χ3v) is 7.68. The molecule has 0 bridgehead atoms. The molecule has 0 aliphatic rings. The van der Waals surface area contributed by atoms with Gasteiger partial charge in [0.25, 0.3) is 7.82 Å². The van der Waals surface area contributed by atoms with Crippen LogP contribution in [0.5, 0.6) is 0 Å². The SMILES string of the molecule is CCCCCCCCCCCCCCCC(=O)OC[C@@H](O)COP(=O)([O-])OC(C[N+](C)(C)C)C(=O)CCCCC. The van der Waals surface area contributed by atoms with Crippen LogP contribution in [0.4, 0.5) is 0 Å². The van der Waals surface area contributed by atoms with Gasteiger partial charge < -0.3 is 28.3 Å². The smallest absolute Gasteiger partial charge is 0.305 e. The number of phosphoric acid groups is 1. The van der Waals surface area contributed by atoms with Gasteiger partial charge in [-0.25, -0.2) is 0 Å². The summed E-state index contributed by atoms with van der Waals surface area (Å²) >= 11 is 0. The Hall–Kier alpha value is -0.830. The molecule has 0 fully saturated rings. The van der Waals surface area contributed by atoms with E-state index in [1.165, 1.54) is 64.2 Å². The summed E-state index contributed by atoms with van der Waals surface area (Å²) in [6, 6.07) is 0. The summed E-state index contributed by atoms with van der Waals surface area (Å²) < 4.78 is 27.7. The van der Waals surface area contributed by atoms with Crippen LogP contribution in [-0.4, -0.2) is 74.5 Å². The first-order valence-corrected chi connectivity index (χ1v) is 17.2. The second kappa shape index (κ2) is 23.7. The van der Waals surface area contributed by atoms with Crippen molar-refractivity contribution in [1.82, 2.24) is 0 Å². The average molecular weight is 594 g/mol. The summed E-state index contributed by atoms with van der Waals surface area (Å²) in [4.78, 5) is 36.9. The van der Waals surface area contributed by atoms with Crippen molar-refractivity contribution in [2.24, 2.45) is 0 Å². The van der Waals surface area contributed by atoms with E-state index < -0.39 is 32.6 Å². The highest BCUT2D eigenvalue weighted by Crippen LogP contribution is 2.40. The van der Waals surface area contributed by atoms with Gasteiger partial charge in [-0.2, -0.15) is 0 Å². The molecule has 0 saturated carbocycles. The van der Waals surface area contributed by atoms with E-state index in [-0.39, 0.29) is 31.8 Å². The molecule has 0 amide bonds. The molecule has 0 heterocycles. The highest BCUT2D eigenvalue weighted by molar-refractivity contribution is 7.45. The van der Waals surface area contributed by atoms with Crippen molar-refractivity contribution < 1.29 is 42.4 Å². The van der Waals surface area contributed by atoms with Crippen LogP contribution in [0.25, 0.3) is 0 Å². The third-order valence-electron chi connectivity index (χ3n) is 6.70. The maximum atomic E-state index is 12.6. The van der Waals surface area contributed by atoms with Crippen LogP contribution in [0.2, 0.25) is 0 Å². The lowest BCUT2D eigenvalue weighted by Crippen LogP contribution is -2.45. The topological polar surface area (TPSA) is 122 Å². The number of hydrogen-bond acceptors (Lipinski definition) is 8. The number of aliphatic hydroxyl groups excluding tert-OH is 1. The fraction of sp³-hybridized carbons (Fsp3) is 0.933. The fourth-order valence-corrected chi connectivity index (χ4v) is 5.27. The molecule has 0 aromatic rings. The van der Waals surface area contributed by atoms with E-state index >= 15 is 0 Å². The Bertz CT molecular complexity index is 698.